The Labute approximate surface area is 142 Å². The van der Waals surface area contributed by atoms with Crippen molar-refractivity contribution < 1.29 is 4.79 Å². The van der Waals surface area contributed by atoms with Crippen molar-refractivity contribution in [1.82, 2.24) is 19.9 Å². The number of thioether (sulfide) groups is 1. The number of aromatic amines is 1. The number of fused-ring (bicyclic) bond motifs is 1. The van der Waals surface area contributed by atoms with Gasteiger partial charge in [-0.2, -0.15) is 0 Å². The second-order valence-corrected chi connectivity index (χ2v) is 6.42. The number of hydrogen-bond donors (Lipinski definition) is 2. The summed E-state index contributed by atoms with van der Waals surface area (Å²) in [7, 11) is 0. The Morgan fingerprint density at radius 3 is 2.83 bits per heavy atom. The number of rotatable bonds is 5. The molecule has 0 saturated carbocycles. The van der Waals surface area contributed by atoms with E-state index >= 15 is 0 Å². The highest BCUT2D eigenvalue weighted by atomic mass is 35.5. The molecule has 0 radical (unpaired) electrons. The van der Waals surface area contributed by atoms with Crippen LogP contribution in [0.3, 0.4) is 0 Å². The third kappa shape index (κ3) is 3.62. The van der Waals surface area contributed by atoms with Gasteiger partial charge in [0.15, 0.2) is 5.65 Å². The van der Waals surface area contributed by atoms with Gasteiger partial charge in [0.1, 0.15) is 16.9 Å². The molecule has 0 aliphatic heterocycles. The fraction of sp³-hybridized carbons (Fsp3) is 0.200. The molecular weight excluding hydrogens is 334 g/mol. The number of imidazole rings is 1. The van der Waals surface area contributed by atoms with Crippen molar-refractivity contribution in [2.24, 2.45) is 0 Å². The number of nitrogens with zero attached hydrogens (tertiary/aromatic N) is 3. The largest absolute Gasteiger partial charge is 0.341 e. The van der Waals surface area contributed by atoms with Crippen LogP contribution in [0, 0.1) is 0 Å². The van der Waals surface area contributed by atoms with Gasteiger partial charge in [0.05, 0.1) is 11.6 Å². The maximum atomic E-state index is 12.5. The van der Waals surface area contributed by atoms with Crippen molar-refractivity contribution in [3.8, 4) is 0 Å². The second kappa shape index (κ2) is 6.97. The molecule has 3 rings (SSSR count). The van der Waals surface area contributed by atoms with Gasteiger partial charge in [0.2, 0.25) is 5.91 Å². The minimum absolute atomic E-state index is 0.0777. The van der Waals surface area contributed by atoms with E-state index in [1.807, 2.05) is 6.92 Å². The Hall–Kier alpha value is -2.12. The first-order valence-corrected chi connectivity index (χ1v) is 8.30. The van der Waals surface area contributed by atoms with E-state index in [4.69, 9.17) is 11.6 Å². The molecule has 118 valence electrons. The van der Waals surface area contributed by atoms with Crippen molar-refractivity contribution in [2.45, 2.75) is 23.6 Å². The van der Waals surface area contributed by atoms with Crippen molar-refractivity contribution in [2.75, 3.05) is 5.32 Å². The number of hydrogen-bond acceptors (Lipinski definition) is 5. The maximum absolute atomic E-state index is 12.5. The standard InChI is InChI=1S/C15H14ClN5OS/c1-2-11(14(22)21-10-5-3-9(16)4-6-10)23-15-12-13(18-7-17-12)19-8-20-15/h3-8,11H,2H2,1H3,(H,21,22)(H,17,18,19,20)/t11-/m1/s1. The number of amides is 1. The van der Waals surface area contributed by atoms with E-state index in [2.05, 4.69) is 25.3 Å². The molecule has 6 nitrogen and oxygen atoms in total. The van der Waals surface area contributed by atoms with E-state index in [1.165, 1.54) is 18.1 Å². The number of carbonyl (C=O) groups is 1. The highest BCUT2D eigenvalue weighted by Gasteiger charge is 2.20. The third-order valence-electron chi connectivity index (χ3n) is 3.22. The fourth-order valence-electron chi connectivity index (χ4n) is 2.05. The second-order valence-electron chi connectivity index (χ2n) is 4.79. The number of aromatic nitrogens is 4. The van der Waals surface area contributed by atoms with Gasteiger partial charge in [-0.05, 0) is 30.7 Å². The lowest BCUT2D eigenvalue weighted by Gasteiger charge is -2.14. The lowest BCUT2D eigenvalue weighted by Crippen LogP contribution is -2.24. The molecular formula is C15H14ClN5OS. The zero-order valence-electron chi connectivity index (χ0n) is 12.3. The summed E-state index contributed by atoms with van der Waals surface area (Å²) in [5.41, 5.74) is 2.05. The zero-order chi connectivity index (χ0) is 16.2. The highest BCUT2D eigenvalue weighted by Crippen LogP contribution is 2.28. The van der Waals surface area contributed by atoms with E-state index in [0.29, 0.717) is 27.8 Å². The summed E-state index contributed by atoms with van der Waals surface area (Å²) in [5, 5.41) is 3.97. The Kier molecular flexibility index (Phi) is 4.78. The SMILES string of the molecule is CC[C@@H](Sc1ncnc2nc[nH]c12)C(=O)Nc1ccc(Cl)cc1. The van der Waals surface area contributed by atoms with Gasteiger partial charge >= 0.3 is 0 Å². The first-order valence-electron chi connectivity index (χ1n) is 7.04. The smallest absolute Gasteiger partial charge is 0.237 e. The van der Waals surface area contributed by atoms with Gasteiger partial charge in [-0.15, -0.1) is 0 Å². The Morgan fingerprint density at radius 2 is 2.09 bits per heavy atom. The maximum Gasteiger partial charge on any atom is 0.237 e. The lowest BCUT2D eigenvalue weighted by atomic mass is 10.3. The van der Waals surface area contributed by atoms with Crippen LogP contribution in [0.15, 0.2) is 41.9 Å². The average Bonchev–Trinajstić information content (AvgIpc) is 3.04. The molecule has 0 spiro atoms. The summed E-state index contributed by atoms with van der Waals surface area (Å²) in [6.45, 7) is 1.96. The average molecular weight is 348 g/mol. The van der Waals surface area contributed by atoms with Crippen molar-refractivity contribution in [1.29, 1.82) is 0 Å². The van der Waals surface area contributed by atoms with Crippen LogP contribution in [-0.4, -0.2) is 31.1 Å². The lowest BCUT2D eigenvalue weighted by molar-refractivity contribution is -0.115. The number of anilines is 1. The quantitative estimate of drug-likeness (QED) is 0.545. The van der Waals surface area contributed by atoms with E-state index in [1.54, 1.807) is 30.6 Å². The molecule has 3 aromatic rings. The van der Waals surface area contributed by atoms with Gasteiger partial charge in [0, 0.05) is 10.7 Å². The van der Waals surface area contributed by atoms with Crippen molar-refractivity contribution in [3.05, 3.63) is 41.9 Å². The van der Waals surface area contributed by atoms with Crippen LogP contribution in [-0.2, 0) is 4.79 Å². The monoisotopic (exact) mass is 347 g/mol. The van der Waals surface area contributed by atoms with Crippen LogP contribution in [0.5, 0.6) is 0 Å². The normalized spacial score (nSPS) is 12.3. The molecule has 0 bridgehead atoms. The molecule has 1 atom stereocenters. The Morgan fingerprint density at radius 1 is 1.30 bits per heavy atom. The Bertz CT molecular complexity index is 820. The predicted octanol–water partition coefficient (Wildman–Crippen LogP) is 3.52. The number of benzene rings is 1. The zero-order valence-corrected chi connectivity index (χ0v) is 13.9. The number of carbonyl (C=O) groups excluding carboxylic acids is 1. The van der Waals surface area contributed by atoms with Gasteiger partial charge < -0.3 is 10.3 Å². The molecule has 23 heavy (non-hydrogen) atoms. The summed E-state index contributed by atoms with van der Waals surface area (Å²) >= 11 is 7.24. The molecule has 1 amide bonds. The van der Waals surface area contributed by atoms with Crippen LogP contribution in [0.2, 0.25) is 5.02 Å². The summed E-state index contributed by atoms with van der Waals surface area (Å²) in [6.07, 6.45) is 3.69. The number of halogens is 1. The van der Waals surface area contributed by atoms with E-state index in [-0.39, 0.29) is 11.2 Å². The molecule has 0 unspecified atom stereocenters. The highest BCUT2D eigenvalue weighted by molar-refractivity contribution is 8.00. The molecule has 0 aliphatic rings. The predicted molar refractivity (Wildman–Crippen MR) is 91.7 cm³/mol. The summed E-state index contributed by atoms with van der Waals surface area (Å²) in [4.78, 5) is 27.9. The molecule has 2 heterocycles. The molecule has 0 aliphatic carbocycles. The summed E-state index contributed by atoms with van der Waals surface area (Å²) < 4.78 is 0. The van der Waals surface area contributed by atoms with Crippen molar-refractivity contribution in [3.63, 3.8) is 0 Å². The van der Waals surface area contributed by atoms with E-state index < -0.39 is 0 Å². The van der Waals surface area contributed by atoms with Gasteiger partial charge in [0.25, 0.3) is 0 Å². The van der Waals surface area contributed by atoms with Crippen LogP contribution in [0.1, 0.15) is 13.3 Å². The molecule has 0 saturated heterocycles. The first-order chi connectivity index (χ1) is 11.2. The van der Waals surface area contributed by atoms with Gasteiger partial charge in [-0.25, -0.2) is 15.0 Å². The molecule has 2 N–H and O–H groups in total. The van der Waals surface area contributed by atoms with Crippen molar-refractivity contribution >= 4 is 46.1 Å². The first kappa shape index (κ1) is 15.8. The Balaban J connectivity index is 1.75. The summed E-state index contributed by atoms with van der Waals surface area (Å²) in [6, 6.07) is 7.03. The molecule has 8 heteroatoms. The van der Waals surface area contributed by atoms with Gasteiger partial charge in [-0.3, -0.25) is 4.79 Å². The minimum Gasteiger partial charge on any atom is -0.341 e. The fourth-order valence-corrected chi connectivity index (χ4v) is 3.15. The van der Waals surface area contributed by atoms with E-state index in [0.717, 1.165) is 5.52 Å². The number of nitrogens with one attached hydrogen (secondary N) is 2. The number of H-pyrrole nitrogens is 1. The van der Waals surface area contributed by atoms with Crippen LogP contribution < -0.4 is 5.32 Å². The molecule has 2 aromatic heterocycles. The van der Waals surface area contributed by atoms with E-state index in [9.17, 15) is 4.79 Å². The molecule has 0 fully saturated rings. The molecule has 1 aromatic carbocycles. The minimum atomic E-state index is -0.271. The van der Waals surface area contributed by atoms with Crippen LogP contribution in [0.25, 0.3) is 11.2 Å². The summed E-state index contributed by atoms with van der Waals surface area (Å²) in [5.74, 6) is -0.0777. The van der Waals surface area contributed by atoms with Crippen LogP contribution in [0.4, 0.5) is 5.69 Å². The topological polar surface area (TPSA) is 83.6 Å². The third-order valence-corrected chi connectivity index (χ3v) is 4.83. The van der Waals surface area contributed by atoms with Crippen LogP contribution >= 0.6 is 23.4 Å². The van der Waals surface area contributed by atoms with Gasteiger partial charge in [-0.1, -0.05) is 30.3 Å².